The summed E-state index contributed by atoms with van der Waals surface area (Å²) in [6, 6.07) is 0. The maximum Gasteiger partial charge on any atom is 0.481 e. The standard InChI is InChI=1S/C14H32B2Cl2P2.C14H32B2P2.ClH/c1-12(2,3)19(10,15-17)11-20(16-18,13(4,5)6)14(7,8)9;1-12(2,3)17(10,15)11-18(16,13(4,5)6)14(7,8)9;/h11H2,1-10H3;11H2,1-10H3;1H/q2*+2;. The molecule has 0 aromatic rings. The lowest BCUT2D eigenvalue weighted by Gasteiger charge is -2.49. The fourth-order valence-corrected chi connectivity index (χ4v) is 31.5. The van der Waals surface area contributed by atoms with Crippen LogP contribution in [0.25, 0.3) is 0 Å². The smallest absolute Gasteiger partial charge is 0.147 e. The Kier molecular flexibility index (Phi) is 17.2. The van der Waals surface area contributed by atoms with Crippen molar-refractivity contribution in [3.8, 4) is 0 Å². The zero-order valence-corrected chi connectivity index (χ0v) is 35.6. The molecule has 0 aromatic carbocycles. The van der Waals surface area contributed by atoms with Crippen LogP contribution in [0.4, 0.5) is 0 Å². The van der Waals surface area contributed by atoms with Crippen molar-refractivity contribution in [3.05, 3.63) is 0 Å². The van der Waals surface area contributed by atoms with Crippen molar-refractivity contribution >= 4 is 91.9 Å². The molecule has 0 heterocycles. The van der Waals surface area contributed by atoms with Crippen LogP contribution in [0.5, 0.6) is 0 Å². The highest BCUT2D eigenvalue weighted by Gasteiger charge is 2.65. The monoisotopic (exact) mass is 674 g/mol. The quantitative estimate of drug-likeness (QED) is 0.194. The average Bonchev–Trinajstić information content (AvgIpc) is 2.60. The number of hydrogen-bond acceptors (Lipinski definition) is 0. The molecule has 39 heavy (non-hydrogen) atoms. The molecule has 226 valence electrons. The molecular weight excluding hydrogens is 610 g/mol. The highest BCUT2D eigenvalue weighted by molar-refractivity contribution is 8.19. The SMILES string of the molecule is CC(C)(C)[P+](C)([B]Cl)C[P+]([B]Cl)(C(C)(C)C)C(C)(C)C.Cl.[B][P+](C)(C[P+]([B])(C(C)(C)C)C(C)(C)C)C(C)(C)C. The first-order valence-electron chi connectivity index (χ1n) is 14.0. The number of halogens is 3. The first kappa shape index (κ1) is 46.3. The van der Waals surface area contributed by atoms with E-state index in [1.807, 2.05) is 12.8 Å². The molecule has 0 fully saturated rings. The molecule has 0 bridgehead atoms. The van der Waals surface area contributed by atoms with Gasteiger partial charge in [0.15, 0.2) is 0 Å². The van der Waals surface area contributed by atoms with Gasteiger partial charge in [0, 0.05) is 34.8 Å². The molecule has 0 spiro atoms. The normalized spacial score (nSPS) is 17.6. The topological polar surface area (TPSA) is 0 Å². The van der Waals surface area contributed by atoms with Crippen molar-refractivity contribution in [2.24, 2.45) is 0 Å². The van der Waals surface area contributed by atoms with Crippen molar-refractivity contribution in [2.45, 2.75) is 156 Å². The molecule has 0 amide bonds. The summed E-state index contributed by atoms with van der Waals surface area (Å²) in [5, 5.41) is 1.08. The fourth-order valence-electron chi connectivity index (χ4n) is 4.71. The van der Waals surface area contributed by atoms with Crippen LogP contribution in [0, 0.1) is 0 Å². The summed E-state index contributed by atoms with van der Waals surface area (Å²) in [6.45, 7) is 46.1. The lowest BCUT2D eigenvalue weighted by Crippen LogP contribution is -2.40. The van der Waals surface area contributed by atoms with Crippen LogP contribution in [-0.2, 0) is 0 Å². The van der Waals surface area contributed by atoms with Gasteiger partial charge in [-0.05, 0) is 132 Å². The van der Waals surface area contributed by atoms with E-state index in [-0.39, 0.29) is 43.3 Å². The van der Waals surface area contributed by atoms with Gasteiger partial charge in [-0.15, -0.1) is 35.3 Å². The van der Waals surface area contributed by atoms with Crippen LogP contribution in [0.2, 0.25) is 0 Å². The highest BCUT2D eigenvalue weighted by atomic mass is 35.5. The van der Waals surface area contributed by atoms with Crippen molar-refractivity contribution in [3.63, 3.8) is 0 Å². The van der Waals surface area contributed by atoms with E-state index in [4.69, 9.17) is 38.1 Å². The van der Waals surface area contributed by atoms with Crippen LogP contribution in [0.1, 0.15) is 125 Å². The molecule has 0 rings (SSSR count). The van der Waals surface area contributed by atoms with Gasteiger partial charge in [-0.25, -0.2) is 0 Å². The van der Waals surface area contributed by atoms with Gasteiger partial charge in [-0.3, -0.25) is 0 Å². The van der Waals surface area contributed by atoms with Crippen molar-refractivity contribution in [1.82, 2.24) is 0 Å². The average molecular weight is 675 g/mol. The van der Waals surface area contributed by atoms with Crippen LogP contribution >= 0.6 is 63.9 Å². The predicted octanol–water partition coefficient (Wildman–Crippen LogP) is 12.1. The van der Waals surface area contributed by atoms with Gasteiger partial charge in [-0.1, -0.05) is 0 Å². The highest BCUT2D eigenvalue weighted by Crippen LogP contribution is 2.85. The Morgan fingerprint density at radius 3 is 0.949 bits per heavy atom. The van der Waals surface area contributed by atoms with Gasteiger partial charge >= 0.3 is 28.0 Å². The Morgan fingerprint density at radius 1 is 0.487 bits per heavy atom. The Morgan fingerprint density at radius 2 is 0.795 bits per heavy atom. The van der Waals surface area contributed by atoms with Gasteiger partial charge < -0.3 is 0 Å². The summed E-state index contributed by atoms with van der Waals surface area (Å²) < 4.78 is 0. The molecule has 0 aliphatic heterocycles. The summed E-state index contributed by atoms with van der Waals surface area (Å²) in [4.78, 5) is 0. The van der Waals surface area contributed by atoms with E-state index >= 15 is 0 Å². The van der Waals surface area contributed by atoms with Crippen molar-refractivity contribution < 1.29 is 0 Å². The summed E-state index contributed by atoms with van der Waals surface area (Å²) in [5.74, 6) is 2.19. The van der Waals surface area contributed by atoms with Gasteiger partial charge in [-0.2, -0.15) is 0 Å². The Labute approximate surface area is 271 Å². The molecule has 0 saturated carbocycles. The van der Waals surface area contributed by atoms with Gasteiger partial charge in [0.1, 0.15) is 11.8 Å². The van der Waals surface area contributed by atoms with E-state index in [2.05, 4.69) is 138 Å². The summed E-state index contributed by atoms with van der Waals surface area (Å²) in [6.07, 6.45) is 4.02. The molecule has 11 heteroatoms. The third-order valence-corrected chi connectivity index (χ3v) is 36.3. The molecule has 0 aliphatic rings. The molecule has 2 unspecified atom stereocenters. The minimum Gasteiger partial charge on any atom is -0.147 e. The minimum absolute atomic E-state index is 0. The van der Waals surface area contributed by atoms with Crippen molar-refractivity contribution in [2.75, 3.05) is 25.1 Å². The summed E-state index contributed by atoms with van der Waals surface area (Å²) in [5.41, 5.74) is 0. The number of rotatable bonds is 6. The fraction of sp³-hybridized carbons (Fsp3) is 1.00. The Hall–Kier alpha value is 2.85. The summed E-state index contributed by atoms with van der Waals surface area (Å²) >= 11 is 12.8. The Bertz CT molecular complexity index is 726. The molecule has 0 aromatic heterocycles. The van der Waals surface area contributed by atoms with E-state index in [9.17, 15) is 0 Å². The molecule has 0 N–H and O–H groups in total. The van der Waals surface area contributed by atoms with E-state index in [1.165, 1.54) is 0 Å². The molecule has 0 nitrogen and oxygen atoms in total. The maximum absolute atomic E-state index is 6.99. The van der Waals surface area contributed by atoms with E-state index in [0.29, 0.717) is 0 Å². The maximum atomic E-state index is 6.99. The van der Waals surface area contributed by atoms with E-state index in [0.717, 1.165) is 11.8 Å². The summed E-state index contributed by atoms with van der Waals surface area (Å²) in [7, 11) is 7.68. The van der Waals surface area contributed by atoms with E-state index < -0.39 is 28.6 Å². The first-order chi connectivity index (χ1) is 16.0. The Balaban J connectivity index is -0.000000651. The van der Waals surface area contributed by atoms with Crippen molar-refractivity contribution in [1.29, 1.82) is 0 Å². The second kappa shape index (κ2) is 14.5. The molecule has 2 atom stereocenters. The third kappa shape index (κ3) is 11.0. The molecule has 6 radical (unpaired) electrons. The first-order valence-corrected chi connectivity index (χ1v) is 23.9. The predicted molar refractivity (Wildman–Crippen MR) is 210 cm³/mol. The second-order valence-electron chi connectivity index (χ2n) is 17.8. The number of hydrogen-bond donors (Lipinski definition) is 0. The van der Waals surface area contributed by atoms with Crippen LogP contribution < -0.4 is 0 Å². The molecule has 0 aliphatic carbocycles. The van der Waals surface area contributed by atoms with Gasteiger partial charge in [0.25, 0.3) is 0 Å². The van der Waals surface area contributed by atoms with Gasteiger partial charge in [0.2, 0.25) is 0 Å². The van der Waals surface area contributed by atoms with Crippen LogP contribution in [0.3, 0.4) is 0 Å². The zero-order valence-electron chi connectivity index (χ0n) is 29.7. The van der Waals surface area contributed by atoms with E-state index in [1.54, 1.807) is 0 Å². The molecular formula is C28H65B4Cl3P4+4. The lowest BCUT2D eigenvalue weighted by atomic mass is 10.2. The zero-order chi connectivity index (χ0) is 31.8. The van der Waals surface area contributed by atoms with Crippen LogP contribution in [-0.4, -0.2) is 84.0 Å². The van der Waals surface area contributed by atoms with Gasteiger partial charge in [0.05, 0.1) is 30.9 Å². The lowest BCUT2D eigenvalue weighted by molar-refractivity contribution is 0.700. The largest absolute Gasteiger partial charge is 0.481 e. The van der Waals surface area contributed by atoms with Crippen LogP contribution in [0.15, 0.2) is 0 Å². The second-order valence-corrected chi connectivity index (χ2v) is 38.2. The molecule has 0 saturated heterocycles. The third-order valence-electron chi connectivity index (χ3n) is 9.27. The minimum atomic E-state index is -1.63.